The number of anilines is 1. The predicted octanol–water partition coefficient (Wildman–Crippen LogP) is 0.215. The van der Waals surface area contributed by atoms with Gasteiger partial charge in [0.1, 0.15) is 6.54 Å². The van der Waals surface area contributed by atoms with Crippen molar-refractivity contribution in [3.05, 3.63) is 42.5 Å². The fraction of sp³-hybridized carbons (Fsp3) is 0.214. The summed E-state index contributed by atoms with van der Waals surface area (Å²) in [5, 5.41) is 16.2. The van der Waals surface area contributed by atoms with Crippen molar-refractivity contribution in [3.8, 4) is 0 Å². The van der Waals surface area contributed by atoms with E-state index in [1.54, 1.807) is 18.2 Å². The fourth-order valence-corrected chi connectivity index (χ4v) is 1.46. The molecule has 0 aliphatic carbocycles. The molecule has 7 nitrogen and oxygen atoms in total. The lowest BCUT2D eigenvalue weighted by molar-refractivity contribution is -0.135. The number of carboxylic acids is 1. The van der Waals surface area contributed by atoms with Gasteiger partial charge in [0.15, 0.2) is 0 Å². The summed E-state index contributed by atoms with van der Waals surface area (Å²) in [6, 6.07) is 6.15. The number of hydrogen-bond donors (Lipinski definition) is 4. The first-order chi connectivity index (χ1) is 10.0. The van der Waals surface area contributed by atoms with E-state index in [2.05, 4.69) is 22.5 Å². The van der Waals surface area contributed by atoms with Crippen molar-refractivity contribution in [2.45, 2.75) is 0 Å². The molecule has 0 bridgehead atoms. The van der Waals surface area contributed by atoms with Crippen LogP contribution in [0.1, 0.15) is 10.4 Å². The zero-order valence-electron chi connectivity index (χ0n) is 11.4. The number of hydrogen-bond acceptors (Lipinski definition) is 4. The van der Waals surface area contributed by atoms with Gasteiger partial charge in [-0.3, -0.25) is 14.4 Å². The second kappa shape index (κ2) is 8.49. The van der Waals surface area contributed by atoms with Crippen LogP contribution in [-0.2, 0) is 9.59 Å². The zero-order valence-corrected chi connectivity index (χ0v) is 11.4. The summed E-state index contributed by atoms with van der Waals surface area (Å²) in [6.45, 7) is 3.78. The molecule has 0 atom stereocenters. The van der Waals surface area contributed by atoms with Crippen LogP contribution in [0.2, 0.25) is 0 Å². The molecule has 0 radical (unpaired) electrons. The molecule has 0 saturated heterocycles. The van der Waals surface area contributed by atoms with Gasteiger partial charge in [0, 0.05) is 17.8 Å². The van der Waals surface area contributed by atoms with E-state index in [0.29, 0.717) is 17.8 Å². The molecule has 112 valence electrons. The van der Waals surface area contributed by atoms with Crippen molar-refractivity contribution in [2.24, 2.45) is 0 Å². The third-order valence-electron chi connectivity index (χ3n) is 2.41. The molecule has 4 N–H and O–H groups in total. The number of carbonyl (C=O) groups is 3. The molecule has 2 amide bonds. The van der Waals surface area contributed by atoms with Crippen molar-refractivity contribution in [1.29, 1.82) is 0 Å². The Kier molecular flexibility index (Phi) is 6.62. The highest BCUT2D eigenvalue weighted by Gasteiger charge is 2.07. The Hall–Kier alpha value is -2.67. The summed E-state index contributed by atoms with van der Waals surface area (Å²) >= 11 is 0. The highest BCUT2D eigenvalue weighted by atomic mass is 16.4. The number of nitrogens with one attached hydrogen (secondary N) is 3. The van der Waals surface area contributed by atoms with E-state index in [0.717, 1.165) is 0 Å². The summed E-state index contributed by atoms with van der Waals surface area (Å²) in [7, 11) is 0. The Bertz CT molecular complexity index is 526. The van der Waals surface area contributed by atoms with Crippen molar-refractivity contribution < 1.29 is 19.5 Å². The SMILES string of the molecule is C=CCNCC(=O)Nc1ccc(C(=O)NCC(=O)O)cc1. The van der Waals surface area contributed by atoms with Gasteiger partial charge >= 0.3 is 5.97 Å². The normalized spacial score (nSPS) is 9.71. The minimum Gasteiger partial charge on any atom is -0.480 e. The number of benzene rings is 1. The summed E-state index contributed by atoms with van der Waals surface area (Å²) in [4.78, 5) is 33.5. The van der Waals surface area contributed by atoms with Gasteiger partial charge in [-0.2, -0.15) is 0 Å². The molecule has 0 spiro atoms. The fourth-order valence-electron chi connectivity index (χ4n) is 1.46. The van der Waals surface area contributed by atoms with Crippen molar-refractivity contribution in [2.75, 3.05) is 25.0 Å². The molecule has 0 aliphatic rings. The number of carboxylic acid groups (broad SMARTS) is 1. The first-order valence-corrected chi connectivity index (χ1v) is 6.24. The van der Waals surface area contributed by atoms with E-state index < -0.39 is 18.4 Å². The van der Waals surface area contributed by atoms with Gasteiger partial charge in [-0.05, 0) is 24.3 Å². The molecule has 0 unspecified atom stereocenters. The lowest BCUT2D eigenvalue weighted by Crippen LogP contribution is -2.29. The summed E-state index contributed by atoms with van der Waals surface area (Å²) in [6.07, 6.45) is 1.65. The molecule has 1 aromatic rings. The second-order valence-corrected chi connectivity index (χ2v) is 4.12. The quantitative estimate of drug-likeness (QED) is 0.405. The van der Waals surface area contributed by atoms with Crippen LogP contribution in [0, 0.1) is 0 Å². The monoisotopic (exact) mass is 291 g/mol. The van der Waals surface area contributed by atoms with Gasteiger partial charge in [-0.25, -0.2) is 0 Å². The average Bonchev–Trinajstić information content (AvgIpc) is 2.45. The molecule has 0 aliphatic heterocycles. The summed E-state index contributed by atoms with van der Waals surface area (Å²) < 4.78 is 0. The van der Waals surface area contributed by atoms with Gasteiger partial charge < -0.3 is 21.1 Å². The van der Waals surface area contributed by atoms with Crippen LogP contribution < -0.4 is 16.0 Å². The van der Waals surface area contributed by atoms with Crippen LogP contribution in [0.3, 0.4) is 0 Å². The maximum atomic E-state index is 11.6. The summed E-state index contributed by atoms with van der Waals surface area (Å²) in [5.41, 5.74) is 0.870. The maximum Gasteiger partial charge on any atom is 0.322 e. The van der Waals surface area contributed by atoms with E-state index in [4.69, 9.17) is 5.11 Å². The van der Waals surface area contributed by atoms with E-state index in [1.165, 1.54) is 12.1 Å². The predicted molar refractivity (Wildman–Crippen MR) is 78.1 cm³/mol. The van der Waals surface area contributed by atoms with Crippen LogP contribution in [0.25, 0.3) is 0 Å². The Morgan fingerprint density at radius 1 is 1.14 bits per heavy atom. The minimum absolute atomic E-state index is 0.160. The first-order valence-electron chi connectivity index (χ1n) is 6.24. The van der Waals surface area contributed by atoms with Gasteiger partial charge in [-0.15, -0.1) is 6.58 Å². The number of aliphatic carboxylic acids is 1. The molecule has 1 aromatic carbocycles. The Morgan fingerprint density at radius 2 is 1.81 bits per heavy atom. The molecular formula is C14H17N3O4. The Labute approximate surface area is 122 Å². The molecule has 21 heavy (non-hydrogen) atoms. The molecule has 0 heterocycles. The van der Waals surface area contributed by atoms with Crippen molar-refractivity contribution >= 4 is 23.5 Å². The largest absolute Gasteiger partial charge is 0.480 e. The van der Waals surface area contributed by atoms with Gasteiger partial charge in [0.2, 0.25) is 5.91 Å². The molecular weight excluding hydrogens is 274 g/mol. The second-order valence-electron chi connectivity index (χ2n) is 4.12. The lowest BCUT2D eigenvalue weighted by atomic mass is 10.2. The third kappa shape index (κ3) is 6.35. The molecule has 0 aromatic heterocycles. The Balaban J connectivity index is 2.49. The molecule has 0 saturated carbocycles. The smallest absolute Gasteiger partial charge is 0.322 e. The van der Waals surface area contributed by atoms with E-state index >= 15 is 0 Å². The highest BCUT2D eigenvalue weighted by molar-refractivity contribution is 5.97. The third-order valence-corrected chi connectivity index (χ3v) is 2.41. The molecule has 7 heteroatoms. The topological polar surface area (TPSA) is 108 Å². The van der Waals surface area contributed by atoms with Crippen LogP contribution in [-0.4, -0.2) is 42.5 Å². The minimum atomic E-state index is -1.11. The maximum absolute atomic E-state index is 11.6. The van der Waals surface area contributed by atoms with Crippen LogP contribution in [0.5, 0.6) is 0 Å². The average molecular weight is 291 g/mol. The van der Waals surface area contributed by atoms with Gasteiger partial charge in [0.25, 0.3) is 5.91 Å². The number of amides is 2. The molecule has 1 rings (SSSR count). The van der Waals surface area contributed by atoms with E-state index in [1.807, 2.05) is 0 Å². The zero-order chi connectivity index (χ0) is 15.7. The van der Waals surface area contributed by atoms with E-state index in [-0.39, 0.29) is 12.5 Å². The van der Waals surface area contributed by atoms with Crippen LogP contribution >= 0.6 is 0 Å². The van der Waals surface area contributed by atoms with E-state index in [9.17, 15) is 14.4 Å². The molecule has 0 fully saturated rings. The Morgan fingerprint density at radius 3 is 2.38 bits per heavy atom. The van der Waals surface area contributed by atoms with Crippen molar-refractivity contribution in [1.82, 2.24) is 10.6 Å². The number of carbonyl (C=O) groups excluding carboxylic acids is 2. The summed E-state index contributed by atoms with van der Waals surface area (Å²) in [5.74, 6) is -1.80. The standard InChI is InChI=1S/C14H17N3O4/c1-2-7-15-8-12(18)17-11-5-3-10(4-6-11)14(21)16-9-13(19)20/h2-6,15H,1,7-9H2,(H,16,21)(H,17,18)(H,19,20). The van der Waals surface area contributed by atoms with Crippen LogP contribution in [0.4, 0.5) is 5.69 Å². The highest BCUT2D eigenvalue weighted by Crippen LogP contribution is 2.09. The van der Waals surface area contributed by atoms with Crippen LogP contribution in [0.15, 0.2) is 36.9 Å². The lowest BCUT2D eigenvalue weighted by Gasteiger charge is -2.07. The van der Waals surface area contributed by atoms with Crippen molar-refractivity contribution in [3.63, 3.8) is 0 Å². The number of rotatable bonds is 8. The van der Waals surface area contributed by atoms with Gasteiger partial charge in [-0.1, -0.05) is 6.08 Å². The van der Waals surface area contributed by atoms with Gasteiger partial charge in [0.05, 0.1) is 6.54 Å². The first kappa shape index (κ1) is 16.4.